The van der Waals surface area contributed by atoms with Crippen molar-refractivity contribution in [1.82, 2.24) is 0 Å². The lowest BCUT2D eigenvalue weighted by molar-refractivity contribution is -0.116. The minimum Gasteiger partial charge on any atom is -0.462 e. The molecular weight excluding hydrogens is 268 g/mol. The lowest BCUT2D eigenvalue weighted by Crippen LogP contribution is -2.12. The van der Waals surface area contributed by atoms with E-state index in [4.69, 9.17) is 10.5 Å². The van der Waals surface area contributed by atoms with Crippen LogP contribution in [0.1, 0.15) is 49.4 Å². The van der Waals surface area contributed by atoms with E-state index < -0.39 is 0 Å². The van der Waals surface area contributed by atoms with Crippen molar-refractivity contribution in [2.75, 3.05) is 18.5 Å². The van der Waals surface area contributed by atoms with Crippen LogP contribution in [0.4, 0.5) is 5.69 Å². The third-order valence-corrected chi connectivity index (χ3v) is 2.99. The lowest BCUT2D eigenvalue weighted by Gasteiger charge is -2.07. The van der Waals surface area contributed by atoms with E-state index in [1.165, 1.54) is 0 Å². The number of carbonyl (C=O) groups excluding carboxylic acids is 2. The molecule has 1 amide bonds. The van der Waals surface area contributed by atoms with Gasteiger partial charge in [0, 0.05) is 12.1 Å². The van der Waals surface area contributed by atoms with Gasteiger partial charge in [-0.15, -0.1) is 0 Å². The van der Waals surface area contributed by atoms with Crippen LogP contribution in [0.2, 0.25) is 0 Å². The number of nitrogens with two attached hydrogens (primary N) is 1. The topological polar surface area (TPSA) is 81.4 Å². The van der Waals surface area contributed by atoms with Gasteiger partial charge in [-0.1, -0.05) is 13.3 Å². The Bertz CT molecular complexity index is 443. The first-order chi connectivity index (χ1) is 10.2. The summed E-state index contributed by atoms with van der Waals surface area (Å²) in [5.74, 6) is -0.369. The molecule has 0 radical (unpaired) electrons. The van der Waals surface area contributed by atoms with Gasteiger partial charge in [0.1, 0.15) is 0 Å². The van der Waals surface area contributed by atoms with Gasteiger partial charge in [-0.3, -0.25) is 4.79 Å². The van der Waals surface area contributed by atoms with Crippen molar-refractivity contribution in [2.24, 2.45) is 5.73 Å². The molecule has 0 aliphatic rings. The van der Waals surface area contributed by atoms with Crippen LogP contribution < -0.4 is 11.1 Å². The average Bonchev–Trinajstić information content (AvgIpc) is 2.48. The molecule has 0 saturated carbocycles. The first kappa shape index (κ1) is 17.2. The largest absolute Gasteiger partial charge is 0.462 e. The molecule has 3 N–H and O–H groups in total. The van der Waals surface area contributed by atoms with E-state index in [9.17, 15) is 9.59 Å². The number of unbranched alkanes of at least 4 members (excludes halogenated alkanes) is 2. The number of nitrogens with one attached hydrogen (secondary N) is 1. The predicted molar refractivity (Wildman–Crippen MR) is 83.2 cm³/mol. The van der Waals surface area contributed by atoms with E-state index >= 15 is 0 Å². The highest BCUT2D eigenvalue weighted by Gasteiger charge is 2.07. The maximum atomic E-state index is 11.7. The number of ether oxygens (including phenoxy) is 1. The number of anilines is 1. The summed E-state index contributed by atoms with van der Waals surface area (Å²) >= 11 is 0. The van der Waals surface area contributed by atoms with Crippen LogP contribution in [-0.2, 0) is 9.53 Å². The Hall–Kier alpha value is -1.88. The van der Waals surface area contributed by atoms with Gasteiger partial charge in [0.15, 0.2) is 0 Å². The average molecular weight is 292 g/mol. The molecule has 5 nitrogen and oxygen atoms in total. The van der Waals surface area contributed by atoms with Crippen LogP contribution >= 0.6 is 0 Å². The highest BCUT2D eigenvalue weighted by molar-refractivity contribution is 5.93. The smallest absolute Gasteiger partial charge is 0.338 e. The minimum absolute atomic E-state index is 0.0401. The summed E-state index contributed by atoms with van der Waals surface area (Å²) in [5.41, 5.74) is 6.55. The summed E-state index contributed by atoms with van der Waals surface area (Å²) in [6.07, 6.45) is 3.93. The van der Waals surface area contributed by atoms with Crippen LogP contribution in [0.25, 0.3) is 0 Å². The van der Waals surface area contributed by atoms with Crippen LogP contribution in [0.5, 0.6) is 0 Å². The molecule has 0 spiro atoms. The standard InChI is InChI=1S/C16H24N2O3/c1-2-3-12-21-16(20)13-7-9-14(10-8-13)18-15(19)6-4-5-11-17/h7-10H,2-6,11-12,17H2,1H3,(H,18,19). The van der Waals surface area contributed by atoms with Gasteiger partial charge in [0.05, 0.1) is 12.2 Å². The number of carbonyl (C=O) groups is 2. The van der Waals surface area contributed by atoms with Crippen molar-refractivity contribution in [2.45, 2.75) is 39.0 Å². The fourth-order valence-electron chi connectivity index (χ4n) is 1.74. The van der Waals surface area contributed by atoms with Crippen LogP contribution in [0.15, 0.2) is 24.3 Å². The Balaban J connectivity index is 2.42. The first-order valence-corrected chi connectivity index (χ1v) is 7.44. The number of esters is 1. The lowest BCUT2D eigenvalue weighted by atomic mass is 10.2. The van der Waals surface area contributed by atoms with Gasteiger partial charge >= 0.3 is 5.97 Å². The second kappa shape index (κ2) is 9.94. The third kappa shape index (κ3) is 6.90. The van der Waals surface area contributed by atoms with Crippen LogP contribution in [-0.4, -0.2) is 25.0 Å². The van der Waals surface area contributed by atoms with E-state index in [1.54, 1.807) is 24.3 Å². The van der Waals surface area contributed by atoms with Gasteiger partial charge in [-0.05, 0) is 50.1 Å². The summed E-state index contributed by atoms with van der Waals surface area (Å²) in [4.78, 5) is 23.3. The van der Waals surface area contributed by atoms with Gasteiger partial charge in [0.2, 0.25) is 5.91 Å². The van der Waals surface area contributed by atoms with Crippen molar-refractivity contribution >= 4 is 17.6 Å². The van der Waals surface area contributed by atoms with Gasteiger partial charge in [-0.25, -0.2) is 4.79 Å². The van der Waals surface area contributed by atoms with Gasteiger partial charge in [0.25, 0.3) is 0 Å². The van der Waals surface area contributed by atoms with E-state index in [0.717, 1.165) is 25.7 Å². The van der Waals surface area contributed by atoms with Crippen molar-refractivity contribution in [3.63, 3.8) is 0 Å². The summed E-state index contributed by atoms with van der Waals surface area (Å²) in [5, 5.41) is 2.79. The maximum Gasteiger partial charge on any atom is 0.338 e. The summed E-state index contributed by atoms with van der Waals surface area (Å²) in [6, 6.07) is 6.72. The number of hydrogen-bond acceptors (Lipinski definition) is 4. The Kier molecular flexibility index (Phi) is 8.12. The van der Waals surface area contributed by atoms with Crippen LogP contribution in [0, 0.1) is 0 Å². The molecule has 1 aromatic carbocycles. The monoisotopic (exact) mass is 292 g/mol. The number of hydrogen-bond donors (Lipinski definition) is 2. The zero-order valence-electron chi connectivity index (χ0n) is 12.6. The normalized spacial score (nSPS) is 10.2. The molecule has 0 aromatic heterocycles. The summed E-state index contributed by atoms with van der Waals surface area (Å²) in [6.45, 7) is 3.08. The highest BCUT2D eigenvalue weighted by atomic mass is 16.5. The van der Waals surface area contributed by atoms with Gasteiger partial charge in [-0.2, -0.15) is 0 Å². The molecule has 0 aliphatic heterocycles. The second-order valence-corrected chi connectivity index (χ2v) is 4.86. The van der Waals surface area contributed by atoms with E-state index in [1.807, 2.05) is 6.92 Å². The van der Waals surface area contributed by atoms with E-state index in [0.29, 0.717) is 30.8 Å². The maximum absolute atomic E-state index is 11.7. The summed E-state index contributed by atoms with van der Waals surface area (Å²) < 4.78 is 5.12. The Morgan fingerprint density at radius 2 is 1.86 bits per heavy atom. The molecule has 0 unspecified atom stereocenters. The zero-order valence-corrected chi connectivity index (χ0v) is 12.6. The SMILES string of the molecule is CCCCOC(=O)c1ccc(NC(=O)CCCCN)cc1. The number of rotatable bonds is 9. The predicted octanol–water partition coefficient (Wildman–Crippen LogP) is 2.71. The summed E-state index contributed by atoms with van der Waals surface area (Å²) in [7, 11) is 0. The quantitative estimate of drug-likeness (QED) is 0.541. The van der Waals surface area contributed by atoms with Gasteiger partial charge < -0.3 is 15.8 Å². The molecule has 0 bridgehead atoms. The Labute approximate surface area is 125 Å². The fraction of sp³-hybridized carbons (Fsp3) is 0.500. The molecule has 21 heavy (non-hydrogen) atoms. The molecule has 0 heterocycles. The Morgan fingerprint density at radius 1 is 1.14 bits per heavy atom. The molecule has 5 heteroatoms. The Morgan fingerprint density at radius 3 is 2.48 bits per heavy atom. The highest BCUT2D eigenvalue weighted by Crippen LogP contribution is 2.11. The molecule has 0 fully saturated rings. The molecular formula is C16H24N2O3. The number of benzene rings is 1. The molecule has 116 valence electrons. The third-order valence-electron chi connectivity index (χ3n) is 2.99. The van der Waals surface area contributed by atoms with Crippen molar-refractivity contribution < 1.29 is 14.3 Å². The van der Waals surface area contributed by atoms with Crippen molar-refractivity contribution in [3.05, 3.63) is 29.8 Å². The van der Waals surface area contributed by atoms with Crippen molar-refractivity contribution in [1.29, 1.82) is 0 Å². The van der Waals surface area contributed by atoms with E-state index in [-0.39, 0.29) is 11.9 Å². The minimum atomic E-state index is -0.329. The van der Waals surface area contributed by atoms with Crippen LogP contribution in [0.3, 0.4) is 0 Å². The molecule has 1 rings (SSSR count). The molecule has 0 saturated heterocycles. The first-order valence-electron chi connectivity index (χ1n) is 7.44. The fourth-order valence-corrected chi connectivity index (χ4v) is 1.74. The zero-order chi connectivity index (χ0) is 15.5. The molecule has 0 aliphatic carbocycles. The second-order valence-electron chi connectivity index (χ2n) is 4.86. The molecule has 0 atom stereocenters. The number of amides is 1. The molecule has 1 aromatic rings. The van der Waals surface area contributed by atoms with Crippen molar-refractivity contribution in [3.8, 4) is 0 Å². The van der Waals surface area contributed by atoms with E-state index in [2.05, 4.69) is 5.32 Å².